The number of benzene rings is 1. The molecule has 1 fully saturated rings. The fraction of sp³-hybridized carbons (Fsp3) is 0.625. The van der Waals surface area contributed by atoms with Gasteiger partial charge in [0.05, 0.1) is 12.2 Å². The fourth-order valence-electron chi connectivity index (χ4n) is 1.79. The first-order chi connectivity index (χ1) is 8.34. The third kappa shape index (κ3) is 3.66. The number of rotatable bonds is 4. The van der Waals surface area contributed by atoms with Crippen LogP contribution >= 0.6 is 0 Å². The molecule has 2 nitrogen and oxygen atoms in total. The van der Waals surface area contributed by atoms with Crippen LogP contribution in [0.15, 0.2) is 18.2 Å². The molecule has 0 heterocycles. The second-order valence-electron chi connectivity index (χ2n) is 6.43. The summed E-state index contributed by atoms with van der Waals surface area (Å²) in [7, 11) is 0. The van der Waals surface area contributed by atoms with Crippen molar-refractivity contribution in [2.45, 2.75) is 65.1 Å². The van der Waals surface area contributed by atoms with Gasteiger partial charge in [0.1, 0.15) is 11.5 Å². The summed E-state index contributed by atoms with van der Waals surface area (Å²) in [5, 5.41) is 0. The molecule has 0 radical (unpaired) electrons. The minimum absolute atomic E-state index is 0.109. The Morgan fingerprint density at radius 3 is 2.17 bits per heavy atom. The first kappa shape index (κ1) is 13.3. The molecule has 0 amide bonds. The van der Waals surface area contributed by atoms with E-state index in [9.17, 15) is 0 Å². The summed E-state index contributed by atoms with van der Waals surface area (Å²) in [5.74, 6) is 1.86. The van der Waals surface area contributed by atoms with Gasteiger partial charge in [-0.2, -0.15) is 0 Å². The molecule has 0 saturated heterocycles. The minimum Gasteiger partial charge on any atom is -0.491 e. The van der Waals surface area contributed by atoms with Crippen molar-refractivity contribution in [3.05, 3.63) is 23.8 Å². The highest BCUT2D eigenvalue weighted by Crippen LogP contribution is 2.34. The number of hydrogen-bond donors (Lipinski definition) is 0. The van der Waals surface area contributed by atoms with Gasteiger partial charge in [0, 0.05) is 6.07 Å². The molecule has 0 bridgehead atoms. The van der Waals surface area contributed by atoms with Crippen LogP contribution in [0, 0.1) is 0 Å². The Balaban J connectivity index is 2.27. The molecule has 18 heavy (non-hydrogen) atoms. The van der Waals surface area contributed by atoms with Gasteiger partial charge in [0.25, 0.3) is 0 Å². The highest BCUT2D eigenvalue weighted by molar-refractivity contribution is 5.41. The van der Waals surface area contributed by atoms with Crippen LogP contribution in [0.1, 0.15) is 53.0 Å². The summed E-state index contributed by atoms with van der Waals surface area (Å²) in [6, 6.07) is 6.28. The van der Waals surface area contributed by atoms with Crippen LogP contribution in [0.25, 0.3) is 0 Å². The third-order valence-corrected chi connectivity index (χ3v) is 2.94. The fourth-order valence-corrected chi connectivity index (χ4v) is 1.79. The van der Waals surface area contributed by atoms with Crippen LogP contribution in [0.5, 0.6) is 11.5 Å². The van der Waals surface area contributed by atoms with Gasteiger partial charge < -0.3 is 9.47 Å². The predicted molar refractivity (Wildman–Crippen MR) is 74.6 cm³/mol. The summed E-state index contributed by atoms with van der Waals surface area (Å²) in [4.78, 5) is 0. The lowest BCUT2D eigenvalue weighted by Crippen LogP contribution is -2.13. The van der Waals surface area contributed by atoms with Crippen molar-refractivity contribution < 1.29 is 9.47 Å². The van der Waals surface area contributed by atoms with Gasteiger partial charge in [-0.25, -0.2) is 0 Å². The Hall–Kier alpha value is -1.18. The second-order valence-corrected chi connectivity index (χ2v) is 6.43. The third-order valence-electron chi connectivity index (χ3n) is 2.94. The van der Waals surface area contributed by atoms with Crippen LogP contribution < -0.4 is 9.47 Å². The molecule has 0 unspecified atom stereocenters. The molecule has 2 heteroatoms. The van der Waals surface area contributed by atoms with E-state index in [-0.39, 0.29) is 11.5 Å². The summed E-state index contributed by atoms with van der Waals surface area (Å²) in [5.41, 5.74) is 1.37. The zero-order chi connectivity index (χ0) is 13.3. The maximum Gasteiger partial charge on any atom is 0.123 e. The Labute approximate surface area is 110 Å². The van der Waals surface area contributed by atoms with Crippen molar-refractivity contribution in [2.24, 2.45) is 0 Å². The highest BCUT2D eigenvalue weighted by Gasteiger charge is 2.25. The normalized spacial score (nSPS) is 15.9. The molecule has 0 aromatic heterocycles. The van der Waals surface area contributed by atoms with Crippen LogP contribution in [-0.4, -0.2) is 12.2 Å². The zero-order valence-electron chi connectivity index (χ0n) is 12.1. The first-order valence-electron chi connectivity index (χ1n) is 6.83. The van der Waals surface area contributed by atoms with Crippen molar-refractivity contribution in [2.75, 3.05) is 0 Å². The van der Waals surface area contributed by atoms with Crippen LogP contribution in [0.3, 0.4) is 0 Å². The van der Waals surface area contributed by atoms with E-state index in [0.717, 1.165) is 11.5 Å². The molecule has 0 N–H and O–H groups in total. The van der Waals surface area contributed by atoms with Crippen molar-refractivity contribution in [1.82, 2.24) is 0 Å². The average molecular weight is 248 g/mol. The van der Waals surface area contributed by atoms with Crippen LogP contribution in [-0.2, 0) is 5.41 Å². The average Bonchev–Trinajstić information content (AvgIpc) is 2.98. The summed E-state index contributed by atoms with van der Waals surface area (Å²) in [6.45, 7) is 10.7. The monoisotopic (exact) mass is 248 g/mol. The van der Waals surface area contributed by atoms with Crippen molar-refractivity contribution in [3.63, 3.8) is 0 Å². The lowest BCUT2D eigenvalue weighted by atomic mass is 9.87. The molecule has 0 spiro atoms. The zero-order valence-corrected chi connectivity index (χ0v) is 12.1. The van der Waals surface area contributed by atoms with E-state index in [0.29, 0.717) is 6.10 Å². The van der Waals surface area contributed by atoms with Crippen LogP contribution in [0.2, 0.25) is 0 Å². The number of hydrogen-bond acceptors (Lipinski definition) is 2. The van der Waals surface area contributed by atoms with Gasteiger partial charge in [-0.3, -0.25) is 0 Å². The molecule has 2 rings (SSSR count). The quantitative estimate of drug-likeness (QED) is 0.790. The lowest BCUT2D eigenvalue weighted by Gasteiger charge is -2.22. The van der Waals surface area contributed by atoms with Gasteiger partial charge in [0.2, 0.25) is 0 Å². The van der Waals surface area contributed by atoms with E-state index < -0.39 is 0 Å². The smallest absolute Gasteiger partial charge is 0.123 e. The Morgan fingerprint density at radius 2 is 1.67 bits per heavy atom. The van der Waals surface area contributed by atoms with Crippen LogP contribution in [0.4, 0.5) is 0 Å². The Bertz CT molecular complexity index is 389. The molecule has 1 aliphatic rings. The molecular weight excluding hydrogens is 224 g/mol. The topological polar surface area (TPSA) is 18.5 Å². The van der Waals surface area contributed by atoms with E-state index in [4.69, 9.17) is 9.47 Å². The van der Waals surface area contributed by atoms with Gasteiger partial charge in [-0.05, 0) is 49.8 Å². The maximum atomic E-state index is 5.90. The van der Waals surface area contributed by atoms with E-state index in [2.05, 4.69) is 32.9 Å². The maximum absolute atomic E-state index is 5.90. The van der Waals surface area contributed by atoms with E-state index in [1.165, 1.54) is 18.4 Å². The number of ether oxygens (including phenoxy) is 2. The molecule has 1 aliphatic carbocycles. The molecule has 1 aromatic rings. The van der Waals surface area contributed by atoms with Gasteiger partial charge >= 0.3 is 0 Å². The van der Waals surface area contributed by atoms with Crippen molar-refractivity contribution in [3.8, 4) is 11.5 Å². The van der Waals surface area contributed by atoms with Gasteiger partial charge in [0.15, 0.2) is 0 Å². The lowest BCUT2D eigenvalue weighted by molar-refractivity contribution is 0.238. The van der Waals surface area contributed by atoms with Crippen molar-refractivity contribution in [1.29, 1.82) is 0 Å². The van der Waals surface area contributed by atoms with Gasteiger partial charge in [-0.15, -0.1) is 0 Å². The van der Waals surface area contributed by atoms with Gasteiger partial charge in [-0.1, -0.05) is 20.8 Å². The summed E-state index contributed by atoms with van der Waals surface area (Å²) < 4.78 is 11.7. The Kier molecular flexibility index (Phi) is 3.56. The Morgan fingerprint density at radius 1 is 1.06 bits per heavy atom. The molecule has 0 aliphatic heterocycles. The molecular formula is C16H24O2. The SMILES string of the molecule is CC(C)Oc1cc(OC2CC2)cc(C(C)(C)C)c1. The minimum atomic E-state index is 0.109. The van der Waals surface area contributed by atoms with E-state index in [1.807, 2.05) is 19.9 Å². The first-order valence-corrected chi connectivity index (χ1v) is 6.83. The second kappa shape index (κ2) is 4.83. The standard InChI is InChI=1S/C16H24O2/c1-11(2)17-14-8-12(16(3,4)5)9-15(10-14)18-13-6-7-13/h8-11,13H,6-7H2,1-5H3. The summed E-state index contributed by atoms with van der Waals surface area (Å²) >= 11 is 0. The van der Waals surface area contributed by atoms with Crippen molar-refractivity contribution >= 4 is 0 Å². The highest BCUT2D eigenvalue weighted by atomic mass is 16.5. The molecule has 0 atom stereocenters. The van der Waals surface area contributed by atoms with E-state index >= 15 is 0 Å². The molecule has 1 aromatic carbocycles. The molecule has 1 saturated carbocycles. The summed E-state index contributed by atoms with van der Waals surface area (Å²) in [6.07, 6.45) is 2.97. The molecule has 100 valence electrons. The largest absolute Gasteiger partial charge is 0.491 e. The predicted octanol–water partition coefficient (Wildman–Crippen LogP) is 4.31. The van der Waals surface area contributed by atoms with E-state index in [1.54, 1.807) is 0 Å².